The fraction of sp³-hybridized carbons (Fsp3) is 0.500. The highest BCUT2D eigenvalue weighted by Crippen LogP contribution is 2.20. The molecule has 0 aliphatic rings. The third-order valence-electron chi connectivity index (χ3n) is 3.61. The van der Waals surface area contributed by atoms with E-state index in [1.807, 2.05) is 32.9 Å². The molecule has 0 heterocycles. The van der Waals surface area contributed by atoms with E-state index in [1.165, 1.54) is 0 Å². The zero-order chi connectivity index (χ0) is 16.0. The standard InChI is InChI=1S/C16H23NO4/c1-11(2)16(4,9-15(19)20)17-14(18)10-21-13-7-5-12(3)6-8-13/h5-8,11H,9-10H2,1-4H3,(H,17,18)(H,19,20). The summed E-state index contributed by atoms with van der Waals surface area (Å²) in [4.78, 5) is 22.9. The van der Waals surface area contributed by atoms with Crippen LogP contribution in [0.3, 0.4) is 0 Å². The lowest BCUT2D eigenvalue weighted by Gasteiger charge is -2.33. The summed E-state index contributed by atoms with van der Waals surface area (Å²) in [5.41, 5.74) is 0.320. The second-order valence-corrected chi connectivity index (χ2v) is 5.79. The number of aliphatic carboxylic acids is 1. The van der Waals surface area contributed by atoms with Crippen molar-refractivity contribution in [2.24, 2.45) is 5.92 Å². The van der Waals surface area contributed by atoms with Crippen LogP contribution in [0.4, 0.5) is 0 Å². The van der Waals surface area contributed by atoms with Crippen LogP contribution in [-0.4, -0.2) is 29.1 Å². The fourth-order valence-electron chi connectivity index (χ4n) is 1.84. The van der Waals surface area contributed by atoms with E-state index in [2.05, 4.69) is 5.32 Å². The van der Waals surface area contributed by atoms with Crippen LogP contribution in [0, 0.1) is 12.8 Å². The average Bonchev–Trinajstić information content (AvgIpc) is 2.36. The Labute approximate surface area is 125 Å². The largest absolute Gasteiger partial charge is 0.484 e. The van der Waals surface area contributed by atoms with Gasteiger partial charge in [-0.25, -0.2) is 0 Å². The molecule has 1 aromatic carbocycles. The van der Waals surface area contributed by atoms with Crippen molar-refractivity contribution in [2.45, 2.75) is 39.7 Å². The number of amides is 1. The molecular weight excluding hydrogens is 270 g/mol. The zero-order valence-electron chi connectivity index (χ0n) is 13.0. The molecule has 21 heavy (non-hydrogen) atoms. The molecule has 2 N–H and O–H groups in total. The number of carboxylic acid groups (broad SMARTS) is 1. The summed E-state index contributed by atoms with van der Waals surface area (Å²) >= 11 is 0. The van der Waals surface area contributed by atoms with Crippen LogP contribution in [0.1, 0.15) is 32.8 Å². The van der Waals surface area contributed by atoms with Crippen LogP contribution in [0.25, 0.3) is 0 Å². The maximum absolute atomic E-state index is 12.0. The smallest absolute Gasteiger partial charge is 0.305 e. The summed E-state index contributed by atoms with van der Waals surface area (Å²) in [5.74, 6) is -0.656. The van der Waals surface area contributed by atoms with Crippen molar-refractivity contribution in [3.05, 3.63) is 29.8 Å². The number of carbonyl (C=O) groups is 2. The molecular formula is C16H23NO4. The Morgan fingerprint density at radius 3 is 2.33 bits per heavy atom. The molecule has 0 aromatic heterocycles. The summed E-state index contributed by atoms with van der Waals surface area (Å²) in [7, 11) is 0. The second-order valence-electron chi connectivity index (χ2n) is 5.79. The first-order valence-electron chi connectivity index (χ1n) is 6.95. The van der Waals surface area contributed by atoms with E-state index in [4.69, 9.17) is 9.84 Å². The van der Waals surface area contributed by atoms with Crippen LogP contribution in [-0.2, 0) is 9.59 Å². The molecule has 1 rings (SSSR count). The van der Waals surface area contributed by atoms with Crippen molar-refractivity contribution >= 4 is 11.9 Å². The molecule has 0 bridgehead atoms. The minimum absolute atomic E-state index is 0.00285. The van der Waals surface area contributed by atoms with Gasteiger partial charge in [0.1, 0.15) is 5.75 Å². The molecule has 0 saturated carbocycles. The molecule has 1 atom stereocenters. The Bertz CT molecular complexity index is 496. The summed E-state index contributed by atoms with van der Waals surface area (Å²) in [6.45, 7) is 7.32. The molecule has 0 aliphatic carbocycles. The fourth-order valence-corrected chi connectivity index (χ4v) is 1.84. The second kappa shape index (κ2) is 7.11. The number of rotatable bonds is 7. The Balaban J connectivity index is 2.58. The summed E-state index contributed by atoms with van der Waals surface area (Å²) in [5, 5.41) is 11.7. The minimum Gasteiger partial charge on any atom is -0.484 e. The molecule has 5 nitrogen and oxygen atoms in total. The van der Waals surface area contributed by atoms with Gasteiger partial charge in [-0.2, -0.15) is 0 Å². The van der Waals surface area contributed by atoms with Gasteiger partial charge in [-0.3, -0.25) is 9.59 Å². The average molecular weight is 293 g/mol. The van der Waals surface area contributed by atoms with Crippen molar-refractivity contribution < 1.29 is 19.4 Å². The van der Waals surface area contributed by atoms with Gasteiger partial charge in [-0.15, -0.1) is 0 Å². The molecule has 1 amide bonds. The van der Waals surface area contributed by atoms with E-state index < -0.39 is 11.5 Å². The monoisotopic (exact) mass is 293 g/mol. The minimum atomic E-state index is -0.939. The number of carboxylic acids is 1. The number of aryl methyl sites for hydroxylation is 1. The first kappa shape index (κ1) is 17.0. The number of benzene rings is 1. The topological polar surface area (TPSA) is 75.6 Å². The molecule has 1 aromatic rings. The van der Waals surface area contributed by atoms with Gasteiger partial charge < -0.3 is 15.2 Å². The van der Waals surface area contributed by atoms with Crippen LogP contribution >= 0.6 is 0 Å². The number of nitrogens with one attached hydrogen (secondary N) is 1. The summed E-state index contributed by atoms with van der Waals surface area (Å²) in [6, 6.07) is 7.38. The van der Waals surface area contributed by atoms with Gasteiger partial charge in [0.2, 0.25) is 0 Å². The predicted octanol–water partition coefficient (Wildman–Crippen LogP) is 2.38. The number of hydrogen-bond donors (Lipinski definition) is 2. The van der Waals surface area contributed by atoms with Gasteiger partial charge in [0.25, 0.3) is 5.91 Å². The van der Waals surface area contributed by atoms with Gasteiger partial charge in [0.15, 0.2) is 6.61 Å². The zero-order valence-corrected chi connectivity index (χ0v) is 13.0. The third-order valence-corrected chi connectivity index (χ3v) is 3.61. The molecule has 1 unspecified atom stereocenters. The number of ether oxygens (including phenoxy) is 1. The van der Waals surface area contributed by atoms with Crippen molar-refractivity contribution in [3.8, 4) is 5.75 Å². The highest BCUT2D eigenvalue weighted by molar-refractivity contribution is 5.79. The normalized spacial score (nSPS) is 13.6. The predicted molar refractivity (Wildman–Crippen MR) is 80.3 cm³/mol. The van der Waals surface area contributed by atoms with Gasteiger partial charge in [-0.05, 0) is 31.9 Å². The first-order valence-corrected chi connectivity index (χ1v) is 6.95. The number of hydrogen-bond acceptors (Lipinski definition) is 3. The van der Waals surface area contributed by atoms with E-state index in [0.29, 0.717) is 5.75 Å². The first-order chi connectivity index (χ1) is 9.73. The molecule has 116 valence electrons. The van der Waals surface area contributed by atoms with Crippen LogP contribution in [0.2, 0.25) is 0 Å². The molecule has 0 fully saturated rings. The SMILES string of the molecule is Cc1ccc(OCC(=O)NC(C)(CC(=O)O)C(C)C)cc1. The Kier molecular flexibility index (Phi) is 5.76. The molecule has 0 aliphatic heterocycles. The van der Waals surface area contributed by atoms with Gasteiger partial charge in [0, 0.05) is 0 Å². The van der Waals surface area contributed by atoms with Crippen LogP contribution in [0.15, 0.2) is 24.3 Å². The van der Waals surface area contributed by atoms with Crippen molar-refractivity contribution in [1.29, 1.82) is 0 Å². The number of carbonyl (C=O) groups excluding carboxylic acids is 1. The van der Waals surface area contributed by atoms with E-state index in [9.17, 15) is 9.59 Å². The van der Waals surface area contributed by atoms with E-state index in [1.54, 1.807) is 19.1 Å². The maximum atomic E-state index is 12.0. The van der Waals surface area contributed by atoms with E-state index in [-0.39, 0.29) is 24.9 Å². The maximum Gasteiger partial charge on any atom is 0.305 e. The highest BCUT2D eigenvalue weighted by Gasteiger charge is 2.32. The molecule has 5 heteroatoms. The summed E-state index contributed by atoms with van der Waals surface area (Å²) in [6.07, 6.45) is -0.124. The molecule has 0 saturated heterocycles. The van der Waals surface area contributed by atoms with Crippen LogP contribution < -0.4 is 10.1 Å². The van der Waals surface area contributed by atoms with Gasteiger partial charge in [-0.1, -0.05) is 31.5 Å². The molecule has 0 spiro atoms. The lowest BCUT2D eigenvalue weighted by atomic mass is 9.85. The van der Waals surface area contributed by atoms with Crippen molar-refractivity contribution in [1.82, 2.24) is 5.32 Å². The quantitative estimate of drug-likeness (QED) is 0.809. The molecule has 0 radical (unpaired) electrons. The third kappa shape index (κ3) is 5.45. The van der Waals surface area contributed by atoms with Gasteiger partial charge in [0.05, 0.1) is 12.0 Å². The lowest BCUT2D eigenvalue weighted by Crippen LogP contribution is -2.52. The van der Waals surface area contributed by atoms with Gasteiger partial charge >= 0.3 is 5.97 Å². The summed E-state index contributed by atoms with van der Waals surface area (Å²) < 4.78 is 5.39. The Hall–Kier alpha value is -2.04. The Morgan fingerprint density at radius 1 is 1.29 bits per heavy atom. The van der Waals surface area contributed by atoms with E-state index in [0.717, 1.165) is 5.56 Å². The van der Waals surface area contributed by atoms with Crippen LogP contribution in [0.5, 0.6) is 5.75 Å². The Morgan fingerprint density at radius 2 is 1.86 bits per heavy atom. The van der Waals surface area contributed by atoms with Crippen molar-refractivity contribution in [3.63, 3.8) is 0 Å². The van der Waals surface area contributed by atoms with Crippen molar-refractivity contribution in [2.75, 3.05) is 6.61 Å². The van der Waals surface area contributed by atoms with E-state index >= 15 is 0 Å². The lowest BCUT2D eigenvalue weighted by molar-refractivity contribution is -0.139. The highest BCUT2D eigenvalue weighted by atomic mass is 16.5.